The van der Waals surface area contributed by atoms with Crippen molar-refractivity contribution in [2.45, 2.75) is 26.8 Å². The van der Waals surface area contributed by atoms with E-state index in [1.807, 2.05) is 0 Å². The summed E-state index contributed by atoms with van der Waals surface area (Å²) in [7, 11) is 1.53. The van der Waals surface area contributed by atoms with E-state index in [9.17, 15) is 24.8 Å². The number of fused-ring (bicyclic) bond motifs is 1. The summed E-state index contributed by atoms with van der Waals surface area (Å²) in [5.41, 5.74) is 0.485. The monoisotopic (exact) mass is 539 g/mol. The molecule has 0 fully saturated rings. The van der Waals surface area contributed by atoms with Crippen LogP contribution in [0.5, 0.6) is 17.2 Å². The number of nitro groups is 1. The Hall–Kier alpha value is -4.45. The Balaban J connectivity index is 1.96. The van der Waals surface area contributed by atoms with Gasteiger partial charge in [0.05, 0.1) is 53.2 Å². The van der Waals surface area contributed by atoms with Crippen molar-refractivity contribution in [3.05, 3.63) is 88.6 Å². The molecule has 0 saturated heterocycles. The zero-order chi connectivity index (χ0) is 27.6. The van der Waals surface area contributed by atoms with E-state index in [1.54, 1.807) is 45.0 Å². The number of hydrogen-bond acceptors (Lipinski definition) is 10. The maximum atomic E-state index is 13.7. The van der Waals surface area contributed by atoms with Crippen LogP contribution in [0.25, 0.3) is 6.08 Å². The molecule has 3 aromatic rings. The van der Waals surface area contributed by atoms with Gasteiger partial charge in [-0.25, -0.2) is 9.79 Å². The van der Waals surface area contributed by atoms with Gasteiger partial charge in [-0.15, -0.1) is 0 Å². The van der Waals surface area contributed by atoms with Crippen LogP contribution in [0, 0.1) is 10.1 Å². The number of hydrogen-bond donors (Lipinski definition) is 1. The summed E-state index contributed by atoms with van der Waals surface area (Å²) in [4.78, 5) is 42.4. The predicted molar refractivity (Wildman–Crippen MR) is 139 cm³/mol. The Morgan fingerprint density at radius 3 is 2.55 bits per heavy atom. The van der Waals surface area contributed by atoms with Crippen LogP contribution >= 0.6 is 11.3 Å². The first-order chi connectivity index (χ1) is 18.2. The van der Waals surface area contributed by atoms with Gasteiger partial charge in [0.2, 0.25) is 0 Å². The second-order valence-electron chi connectivity index (χ2n) is 8.15. The summed E-state index contributed by atoms with van der Waals surface area (Å²) >= 11 is 1.03. The maximum Gasteiger partial charge on any atom is 0.338 e. The zero-order valence-corrected chi connectivity index (χ0v) is 21.9. The number of benzene rings is 2. The molecule has 198 valence electrons. The summed E-state index contributed by atoms with van der Waals surface area (Å²) in [6.45, 7) is 5.35. The van der Waals surface area contributed by atoms with Crippen LogP contribution in [0.1, 0.15) is 37.9 Å². The first kappa shape index (κ1) is 26.6. The molecule has 1 N–H and O–H groups in total. The number of phenolic OH excluding ortho intramolecular Hbond substituents is 1. The molecule has 11 nitrogen and oxygen atoms in total. The van der Waals surface area contributed by atoms with Gasteiger partial charge in [-0.2, -0.15) is 0 Å². The molecule has 12 heteroatoms. The zero-order valence-electron chi connectivity index (χ0n) is 21.1. The van der Waals surface area contributed by atoms with Crippen molar-refractivity contribution >= 4 is 29.1 Å². The van der Waals surface area contributed by atoms with Gasteiger partial charge < -0.3 is 19.3 Å². The van der Waals surface area contributed by atoms with E-state index in [-0.39, 0.29) is 46.1 Å². The largest absolute Gasteiger partial charge is 0.504 e. The van der Waals surface area contributed by atoms with Gasteiger partial charge >= 0.3 is 5.97 Å². The second-order valence-corrected chi connectivity index (χ2v) is 9.16. The molecule has 0 amide bonds. The highest BCUT2D eigenvalue weighted by atomic mass is 32.1. The highest BCUT2D eigenvalue weighted by Gasteiger charge is 2.33. The number of ether oxygens (including phenoxy) is 3. The summed E-state index contributed by atoms with van der Waals surface area (Å²) in [6.07, 6.45) is 1.35. The molecule has 1 atom stereocenters. The molecule has 0 bridgehead atoms. The molecule has 0 saturated carbocycles. The van der Waals surface area contributed by atoms with E-state index in [4.69, 9.17) is 14.2 Å². The average molecular weight is 540 g/mol. The average Bonchev–Trinajstić information content (AvgIpc) is 3.19. The number of carbonyl (C=O) groups is 1. The second kappa shape index (κ2) is 10.9. The smallest absolute Gasteiger partial charge is 0.338 e. The Morgan fingerprint density at radius 2 is 1.95 bits per heavy atom. The third-order valence-corrected chi connectivity index (χ3v) is 6.82. The van der Waals surface area contributed by atoms with Crippen LogP contribution in [0.15, 0.2) is 57.5 Å². The number of methoxy groups -OCH3 is 1. The van der Waals surface area contributed by atoms with Gasteiger partial charge in [0.25, 0.3) is 11.2 Å². The van der Waals surface area contributed by atoms with Crippen molar-refractivity contribution in [1.82, 2.24) is 4.57 Å². The molecular formula is C26H25N3O8S. The quantitative estimate of drug-likeness (QED) is 0.262. The van der Waals surface area contributed by atoms with Gasteiger partial charge in [-0.05, 0) is 44.5 Å². The lowest BCUT2D eigenvalue weighted by Crippen LogP contribution is -2.39. The number of thiazole rings is 1. The molecule has 0 aliphatic carbocycles. The minimum Gasteiger partial charge on any atom is -0.504 e. The summed E-state index contributed by atoms with van der Waals surface area (Å²) < 4.78 is 17.4. The molecular weight excluding hydrogens is 514 g/mol. The fourth-order valence-corrected chi connectivity index (χ4v) is 5.17. The topological polar surface area (TPSA) is 142 Å². The molecule has 1 unspecified atom stereocenters. The molecule has 1 aliphatic heterocycles. The lowest BCUT2D eigenvalue weighted by atomic mass is 9.96. The summed E-state index contributed by atoms with van der Waals surface area (Å²) in [5, 5.41) is 22.1. The minimum atomic E-state index is -0.837. The van der Waals surface area contributed by atoms with Crippen molar-refractivity contribution in [3.8, 4) is 17.2 Å². The Kier molecular flexibility index (Phi) is 7.62. The van der Waals surface area contributed by atoms with Gasteiger partial charge in [-0.1, -0.05) is 23.5 Å². The predicted octanol–water partition coefficient (Wildman–Crippen LogP) is 2.82. The fourth-order valence-electron chi connectivity index (χ4n) is 4.13. The minimum absolute atomic E-state index is 0.0373. The van der Waals surface area contributed by atoms with Crippen LogP contribution in [-0.4, -0.2) is 40.9 Å². The number of esters is 1. The van der Waals surface area contributed by atoms with Crippen molar-refractivity contribution in [3.63, 3.8) is 0 Å². The lowest BCUT2D eigenvalue weighted by Gasteiger charge is -2.24. The highest BCUT2D eigenvalue weighted by molar-refractivity contribution is 7.07. The van der Waals surface area contributed by atoms with Crippen LogP contribution in [0.4, 0.5) is 5.69 Å². The third-order valence-electron chi connectivity index (χ3n) is 5.84. The molecule has 0 spiro atoms. The van der Waals surface area contributed by atoms with Crippen LogP contribution in [-0.2, 0) is 9.53 Å². The number of allylic oxidation sites excluding steroid dienone is 1. The number of aromatic nitrogens is 1. The van der Waals surface area contributed by atoms with Crippen LogP contribution in [0.3, 0.4) is 0 Å². The van der Waals surface area contributed by atoms with Crippen LogP contribution < -0.4 is 24.4 Å². The number of phenols is 1. The van der Waals surface area contributed by atoms with E-state index in [0.717, 1.165) is 23.5 Å². The standard InChI is InChI=1S/C26H25N3O8S/c1-5-36-19-13-17(29(33)34)11-16(23(19)30)12-20-24(31)28-22(15-7-9-18(35-4)10-8-15)21(25(32)37-6-2)14(3)27-26(28)38-20/h7-13,22,30H,5-6H2,1-4H3/b20-12+. The molecule has 0 radical (unpaired) electrons. The number of nitrogens with zero attached hydrogens (tertiary/aromatic N) is 3. The highest BCUT2D eigenvalue weighted by Crippen LogP contribution is 2.35. The van der Waals surface area contributed by atoms with Gasteiger partial charge in [0, 0.05) is 11.6 Å². The third kappa shape index (κ3) is 4.90. The normalized spacial score (nSPS) is 15.1. The molecule has 4 rings (SSSR count). The SMILES string of the molecule is CCOC(=O)C1=C(C)N=c2s/c(=C/c3cc([N+](=O)[O-])cc(OCC)c3O)c(=O)n2C1c1ccc(OC)cc1. The maximum absolute atomic E-state index is 13.7. The summed E-state index contributed by atoms with van der Waals surface area (Å²) in [5.74, 6) is -0.400. The first-order valence-corrected chi connectivity index (χ1v) is 12.5. The van der Waals surface area contributed by atoms with E-state index < -0.39 is 22.5 Å². The Bertz CT molecular complexity index is 1620. The number of carbonyl (C=O) groups excluding carboxylic acids is 1. The van der Waals surface area contributed by atoms with Crippen molar-refractivity contribution in [1.29, 1.82) is 0 Å². The van der Waals surface area contributed by atoms with Crippen molar-refractivity contribution < 1.29 is 29.0 Å². The molecule has 1 aromatic heterocycles. The Morgan fingerprint density at radius 1 is 1.24 bits per heavy atom. The molecule has 2 heterocycles. The number of non-ortho nitro benzene ring substituents is 1. The number of nitro benzene ring substituents is 1. The van der Waals surface area contributed by atoms with E-state index >= 15 is 0 Å². The van der Waals surface area contributed by atoms with E-state index in [1.165, 1.54) is 17.8 Å². The van der Waals surface area contributed by atoms with Gasteiger partial charge in [0.15, 0.2) is 16.3 Å². The Labute approximate surface area is 220 Å². The molecule has 2 aromatic carbocycles. The summed E-state index contributed by atoms with van der Waals surface area (Å²) in [6, 6.07) is 8.39. The lowest BCUT2D eigenvalue weighted by molar-refractivity contribution is -0.385. The molecule has 38 heavy (non-hydrogen) atoms. The number of rotatable bonds is 8. The van der Waals surface area contributed by atoms with E-state index in [0.29, 0.717) is 21.8 Å². The van der Waals surface area contributed by atoms with Gasteiger partial charge in [-0.3, -0.25) is 19.5 Å². The fraction of sp³-hybridized carbons (Fsp3) is 0.269. The molecule has 1 aliphatic rings. The van der Waals surface area contributed by atoms with Gasteiger partial charge in [0.1, 0.15) is 5.75 Å². The van der Waals surface area contributed by atoms with Crippen LogP contribution in [0.2, 0.25) is 0 Å². The van der Waals surface area contributed by atoms with Crippen molar-refractivity contribution in [2.75, 3.05) is 20.3 Å². The number of aromatic hydroxyl groups is 1. The van der Waals surface area contributed by atoms with Crippen molar-refractivity contribution in [2.24, 2.45) is 4.99 Å². The first-order valence-electron chi connectivity index (χ1n) is 11.7. The van der Waals surface area contributed by atoms with E-state index in [2.05, 4.69) is 4.99 Å².